The fourth-order valence-electron chi connectivity index (χ4n) is 2.77. The Morgan fingerprint density at radius 1 is 1.38 bits per heavy atom. The highest BCUT2D eigenvalue weighted by Gasteiger charge is 2.41. The zero-order chi connectivity index (χ0) is 17.4. The fraction of sp³-hybridized carbons (Fsp3) is 0.312. The third-order valence-corrected chi connectivity index (χ3v) is 5.56. The smallest absolute Gasteiger partial charge is 0.338 e. The highest BCUT2D eigenvalue weighted by atomic mass is 35.5. The van der Waals surface area contributed by atoms with Crippen LogP contribution in [0.2, 0.25) is 10.0 Å². The van der Waals surface area contributed by atoms with Crippen LogP contribution in [0.1, 0.15) is 24.9 Å². The van der Waals surface area contributed by atoms with Gasteiger partial charge in [0, 0.05) is 12.2 Å². The van der Waals surface area contributed by atoms with E-state index in [0.29, 0.717) is 44.2 Å². The number of rotatable bonds is 2. The number of amidine groups is 1. The van der Waals surface area contributed by atoms with Crippen molar-refractivity contribution in [3.8, 4) is 0 Å². The van der Waals surface area contributed by atoms with Crippen molar-refractivity contribution in [1.82, 2.24) is 4.90 Å². The summed E-state index contributed by atoms with van der Waals surface area (Å²) >= 11 is 13.6. The molecule has 0 aromatic heterocycles. The number of fused-ring (bicyclic) bond motifs is 1. The van der Waals surface area contributed by atoms with Crippen molar-refractivity contribution in [1.29, 1.82) is 0 Å². The number of ether oxygens (including phenoxy) is 1. The highest BCUT2D eigenvalue weighted by molar-refractivity contribution is 8.14. The largest absolute Gasteiger partial charge is 0.466 e. The number of carbonyl (C=O) groups excluding carboxylic acids is 2. The van der Waals surface area contributed by atoms with Gasteiger partial charge in [-0.3, -0.25) is 9.69 Å². The van der Waals surface area contributed by atoms with E-state index >= 15 is 0 Å². The molecule has 2 heterocycles. The number of amides is 1. The molecule has 0 spiro atoms. The molecule has 2 aliphatic rings. The Bertz CT molecular complexity index is 792. The molecule has 0 bridgehead atoms. The molecule has 126 valence electrons. The van der Waals surface area contributed by atoms with Crippen LogP contribution >= 0.6 is 35.0 Å². The van der Waals surface area contributed by atoms with Gasteiger partial charge in [-0.2, -0.15) is 0 Å². The standard InChI is InChI=1S/C16H14Cl2N2O3S/c1-8-13(15(22)23-2)14(9-3-4-10(17)11(18)7-9)20-12(21)5-6-24-16(20)19-8/h3-4,7,14H,5-6H2,1-2H3. The Kier molecular flexibility index (Phi) is 4.90. The molecule has 1 atom stereocenters. The first-order valence-corrected chi connectivity index (χ1v) is 8.95. The maximum absolute atomic E-state index is 12.5. The molecule has 1 saturated heterocycles. The molecule has 0 radical (unpaired) electrons. The summed E-state index contributed by atoms with van der Waals surface area (Å²) in [6, 6.07) is 4.45. The molecule has 0 aliphatic carbocycles. The molecule has 1 amide bonds. The van der Waals surface area contributed by atoms with Crippen LogP contribution in [0.5, 0.6) is 0 Å². The average molecular weight is 385 g/mol. The molecule has 3 rings (SSSR count). The molecule has 5 nitrogen and oxygen atoms in total. The quantitative estimate of drug-likeness (QED) is 0.727. The zero-order valence-corrected chi connectivity index (χ0v) is 15.3. The molecule has 2 aliphatic heterocycles. The minimum absolute atomic E-state index is 0.0857. The van der Waals surface area contributed by atoms with Crippen LogP contribution in [-0.2, 0) is 14.3 Å². The summed E-state index contributed by atoms with van der Waals surface area (Å²) in [7, 11) is 1.31. The lowest BCUT2D eigenvalue weighted by molar-refractivity contribution is -0.137. The number of halogens is 2. The predicted octanol–water partition coefficient (Wildman–Crippen LogP) is 3.82. The van der Waals surface area contributed by atoms with E-state index in [1.807, 2.05) is 0 Å². The van der Waals surface area contributed by atoms with Crippen molar-refractivity contribution in [3.05, 3.63) is 45.1 Å². The van der Waals surface area contributed by atoms with Crippen molar-refractivity contribution in [2.24, 2.45) is 4.99 Å². The molecule has 0 saturated carbocycles. The number of nitrogens with zero attached hydrogens (tertiary/aromatic N) is 2. The number of esters is 1. The average Bonchev–Trinajstić information content (AvgIpc) is 2.55. The van der Waals surface area contributed by atoms with Crippen molar-refractivity contribution in [2.75, 3.05) is 12.9 Å². The second-order valence-corrected chi connectivity index (χ2v) is 7.20. The highest BCUT2D eigenvalue weighted by Crippen LogP contribution is 2.41. The van der Waals surface area contributed by atoms with Crippen LogP contribution in [0, 0.1) is 0 Å². The van der Waals surface area contributed by atoms with Crippen molar-refractivity contribution in [3.63, 3.8) is 0 Å². The van der Waals surface area contributed by atoms with Crippen LogP contribution < -0.4 is 0 Å². The summed E-state index contributed by atoms with van der Waals surface area (Å²) in [5.74, 6) is 0.0653. The second-order valence-electron chi connectivity index (χ2n) is 5.32. The first-order valence-electron chi connectivity index (χ1n) is 7.21. The Morgan fingerprint density at radius 2 is 2.12 bits per heavy atom. The monoisotopic (exact) mass is 384 g/mol. The number of aliphatic imine (C=N–C) groups is 1. The van der Waals surface area contributed by atoms with E-state index in [1.165, 1.54) is 18.9 Å². The van der Waals surface area contributed by atoms with Crippen LogP contribution in [0.3, 0.4) is 0 Å². The van der Waals surface area contributed by atoms with Crippen LogP contribution in [0.15, 0.2) is 34.5 Å². The summed E-state index contributed by atoms with van der Waals surface area (Å²) in [6.45, 7) is 1.74. The maximum atomic E-state index is 12.5. The van der Waals surface area contributed by atoms with E-state index in [-0.39, 0.29) is 5.91 Å². The van der Waals surface area contributed by atoms with Gasteiger partial charge in [-0.25, -0.2) is 9.79 Å². The number of benzene rings is 1. The number of methoxy groups -OCH3 is 1. The summed E-state index contributed by atoms with van der Waals surface area (Å²) in [4.78, 5) is 30.8. The lowest BCUT2D eigenvalue weighted by Gasteiger charge is -2.38. The molecule has 8 heteroatoms. The number of carbonyl (C=O) groups is 2. The van der Waals surface area contributed by atoms with E-state index in [1.54, 1.807) is 30.0 Å². The maximum Gasteiger partial charge on any atom is 0.338 e. The predicted molar refractivity (Wildman–Crippen MR) is 95.3 cm³/mol. The lowest BCUT2D eigenvalue weighted by atomic mass is 9.94. The molecule has 1 unspecified atom stereocenters. The van der Waals surface area contributed by atoms with E-state index in [0.717, 1.165) is 0 Å². The number of hydrogen-bond acceptors (Lipinski definition) is 5. The SMILES string of the molecule is COC(=O)C1=C(C)N=C2SCCC(=O)N2C1c1ccc(Cl)c(Cl)c1. The first-order chi connectivity index (χ1) is 11.4. The Hall–Kier alpha value is -1.50. The summed E-state index contributed by atoms with van der Waals surface area (Å²) in [5, 5.41) is 1.36. The van der Waals surface area contributed by atoms with Gasteiger partial charge in [-0.15, -0.1) is 0 Å². The normalized spacial score (nSPS) is 20.7. The summed E-state index contributed by atoms with van der Waals surface area (Å²) in [6.07, 6.45) is 0.384. The Balaban J connectivity index is 2.19. The summed E-state index contributed by atoms with van der Waals surface area (Å²) in [5.41, 5.74) is 1.55. The third kappa shape index (κ3) is 2.94. The summed E-state index contributed by atoms with van der Waals surface area (Å²) < 4.78 is 4.91. The van der Waals surface area contributed by atoms with Crippen molar-refractivity contribution >= 4 is 52.0 Å². The molecule has 1 aromatic rings. The van der Waals surface area contributed by atoms with Gasteiger partial charge in [0.15, 0.2) is 5.17 Å². The van der Waals surface area contributed by atoms with E-state index in [2.05, 4.69) is 4.99 Å². The van der Waals surface area contributed by atoms with Crippen LogP contribution in [0.25, 0.3) is 0 Å². The Labute approximate surface area is 153 Å². The van der Waals surface area contributed by atoms with E-state index in [9.17, 15) is 9.59 Å². The van der Waals surface area contributed by atoms with Crippen molar-refractivity contribution in [2.45, 2.75) is 19.4 Å². The number of thioether (sulfide) groups is 1. The third-order valence-electron chi connectivity index (χ3n) is 3.87. The Morgan fingerprint density at radius 3 is 2.79 bits per heavy atom. The van der Waals surface area contributed by atoms with Crippen LogP contribution in [-0.4, -0.2) is 34.8 Å². The zero-order valence-electron chi connectivity index (χ0n) is 13.0. The molecule has 0 N–H and O–H groups in total. The van der Waals surface area contributed by atoms with Gasteiger partial charge in [-0.05, 0) is 24.6 Å². The lowest BCUT2D eigenvalue weighted by Crippen LogP contribution is -2.45. The number of allylic oxidation sites excluding steroid dienone is 1. The molecule has 24 heavy (non-hydrogen) atoms. The van der Waals surface area contributed by atoms with E-state index < -0.39 is 12.0 Å². The van der Waals surface area contributed by atoms with Gasteiger partial charge < -0.3 is 4.74 Å². The van der Waals surface area contributed by atoms with Gasteiger partial charge in [0.1, 0.15) is 0 Å². The van der Waals surface area contributed by atoms with Gasteiger partial charge in [0.05, 0.1) is 34.5 Å². The van der Waals surface area contributed by atoms with Gasteiger partial charge in [-0.1, -0.05) is 41.0 Å². The van der Waals surface area contributed by atoms with E-state index in [4.69, 9.17) is 27.9 Å². The minimum Gasteiger partial charge on any atom is -0.466 e. The first kappa shape index (κ1) is 17.3. The van der Waals surface area contributed by atoms with Crippen molar-refractivity contribution < 1.29 is 14.3 Å². The topological polar surface area (TPSA) is 59.0 Å². The molecular formula is C16H14Cl2N2O3S. The minimum atomic E-state index is -0.625. The second kappa shape index (κ2) is 6.78. The number of hydrogen-bond donors (Lipinski definition) is 0. The molecular weight excluding hydrogens is 371 g/mol. The van der Waals surface area contributed by atoms with Gasteiger partial charge in [0.25, 0.3) is 0 Å². The molecule has 1 aromatic carbocycles. The molecule has 1 fully saturated rings. The fourth-order valence-corrected chi connectivity index (χ4v) is 4.08. The van der Waals surface area contributed by atoms with Gasteiger partial charge in [0.2, 0.25) is 5.91 Å². The van der Waals surface area contributed by atoms with Crippen LogP contribution in [0.4, 0.5) is 0 Å². The van der Waals surface area contributed by atoms with Gasteiger partial charge >= 0.3 is 5.97 Å².